The van der Waals surface area contributed by atoms with Crippen molar-refractivity contribution in [2.24, 2.45) is 5.73 Å². The number of benzene rings is 1. The molecule has 3 nitrogen and oxygen atoms in total. The van der Waals surface area contributed by atoms with Crippen molar-refractivity contribution in [1.82, 2.24) is 5.32 Å². The van der Waals surface area contributed by atoms with Crippen LogP contribution in [0.1, 0.15) is 26.3 Å². The molecule has 5 heteroatoms. The van der Waals surface area contributed by atoms with Crippen molar-refractivity contribution in [3.63, 3.8) is 0 Å². The van der Waals surface area contributed by atoms with Gasteiger partial charge in [0, 0.05) is 5.02 Å². The predicted molar refractivity (Wildman–Crippen MR) is 73.5 cm³/mol. The number of nitrogens with two attached hydrogens (primary N) is 1. The van der Waals surface area contributed by atoms with Gasteiger partial charge in [-0.05, 0) is 38.5 Å². The van der Waals surface area contributed by atoms with Crippen LogP contribution in [-0.4, -0.2) is 11.9 Å². The molecule has 96 valence electrons. The summed E-state index contributed by atoms with van der Waals surface area (Å²) < 4.78 is 0. The van der Waals surface area contributed by atoms with Gasteiger partial charge in [-0.1, -0.05) is 23.7 Å². The van der Waals surface area contributed by atoms with Crippen LogP contribution in [0.5, 0.6) is 0 Å². The predicted octanol–water partition coefficient (Wildman–Crippen LogP) is 2.46. The number of halogens is 2. The van der Waals surface area contributed by atoms with Crippen molar-refractivity contribution >= 4 is 29.9 Å². The summed E-state index contributed by atoms with van der Waals surface area (Å²) in [5, 5.41) is 3.56. The third-order valence-electron chi connectivity index (χ3n) is 2.42. The van der Waals surface area contributed by atoms with Crippen molar-refractivity contribution in [3.8, 4) is 0 Å². The summed E-state index contributed by atoms with van der Waals surface area (Å²) in [5.74, 6) is -0.167. The first-order valence-electron chi connectivity index (χ1n) is 5.16. The zero-order valence-corrected chi connectivity index (χ0v) is 11.7. The molecule has 1 amide bonds. The highest BCUT2D eigenvalue weighted by Gasteiger charge is 2.23. The number of carbonyl (C=O) groups is 1. The van der Waals surface area contributed by atoms with Crippen molar-refractivity contribution < 1.29 is 4.79 Å². The molecule has 0 radical (unpaired) electrons. The summed E-state index contributed by atoms with van der Waals surface area (Å²) >= 11 is 5.81. The summed E-state index contributed by atoms with van der Waals surface area (Å²) in [4.78, 5) is 11.5. The molecule has 0 saturated heterocycles. The van der Waals surface area contributed by atoms with E-state index in [0.29, 0.717) is 5.02 Å². The molecule has 0 saturated carbocycles. The molecule has 1 rings (SSSR count). The lowest BCUT2D eigenvalue weighted by Gasteiger charge is -2.27. The van der Waals surface area contributed by atoms with Crippen LogP contribution in [0.2, 0.25) is 5.02 Å². The molecule has 0 aromatic heterocycles. The van der Waals surface area contributed by atoms with Gasteiger partial charge >= 0.3 is 0 Å². The van der Waals surface area contributed by atoms with Crippen LogP contribution in [0, 0.1) is 0 Å². The van der Waals surface area contributed by atoms with E-state index in [2.05, 4.69) is 5.32 Å². The van der Waals surface area contributed by atoms with Gasteiger partial charge in [0.1, 0.15) is 0 Å². The van der Waals surface area contributed by atoms with E-state index >= 15 is 0 Å². The molecule has 1 aromatic carbocycles. The molecule has 1 aromatic rings. The first kappa shape index (κ1) is 16.2. The SMILES string of the molecule is CC(N)C(=O)NC(C)(C)c1ccc(Cl)cc1.Cl. The van der Waals surface area contributed by atoms with Gasteiger partial charge in [0.15, 0.2) is 0 Å². The maximum Gasteiger partial charge on any atom is 0.237 e. The topological polar surface area (TPSA) is 55.1 Å². The number of nitrogens with one attached hydrogen (secondary N) is 1. The standard InChI is InChI=1S/C12H17ClN2O.ClH/c1-8(14)11(16)15-12(2,3)9-4-6-10(13)7-5-9;/h4-8H,14H2,1-3H3,(H,15,16);1H. The Morgan fingerprint density at radius 3 is 2.24 bits per heavy atom. The second-order valence-electron chi connectivity index (χ2n) is 4.41. The second-order valence-corrected chi connectivity index (χ2v) is 4.85. The molecular weight excluding hydrogens is 259 g/mol. The minimum atomic E-state index is -0.508. The molecule has 0 aliphatic heterocycles. The summed E-state index contributed by atoms with van der Waals surface area (Å²) in [5.41, 5.74) is 6.05. The fourth-order valence-corrected chi connectivity index (χ4v) is 1.49. The van der Waals surface area contributed by atoms with Crippen molar-refractivity contribution in [2.45, 2.75) is 32.4 Å². The normalized spacial score (nSPS) is 12.5. The Balaban J connectivity index is 0.00000256. The highest BCUT2D eigenvalue weighted by Crippen LogP contribution is 2.21. The molecular formula is C12H18Cl2N2O. The van der Waals surface area contributed by atoms with Crippen molar-refractivity contribution in [1.29, 1.82) is 0 Å². The van der Waals surface area contributed by atoms with Crippen LogP contribution < -0.4 is 11.1 Å². The lowest BCUT2D eigenvalue weighted by atomic mass is 9.94. The summed E-state index contributed by atoms with van der Waals surface area (Å²) in [7, 11) is 0. The van der Waals surface area contributed by atoms with E-state index in [1.54, 1.807) is 19.1 Å². The van der Waals surface area contributed by atoms with Crippen LogP contribution in [-0.2, 0) is 10.3 Å². The van der Waals surface area contributed by atoms with Crippen LogP contribution in [0.25, 0.3) is 0 Å². The van der Waals surface area contributed by atoms with Crippen LogP contribution in [0.3, 0.4) is 0 Å². The second kappa shape index (κ2) is 6.24. The van der Waals surface area contributed by atoms with E-state index in [1.165, 1.54) is 0 Å². The molecule has 0 fully saturated rings. The molecule has 0 heterocycles. The largest absolute Gasteiger partial charge is 0.346 e. The zero-order valence-electron chi connectivity index (χ0n) is 10.2. The highest BCUT2D eigenvalue weighted by molar-refractivity contribution is 6.30. The van der Waals surface area contributed by atoms with Gasteiger partial charge in [-0.2, -0.15) is 0 Å². The third kappa shape index (κ3) is 4.54. The summed E-state index contributed by atoms with van der Waals surface area (Å²) in [6, 6.07) is 6.88. The lowest BCUT2D eigenvalue weighted by molar-refractivity contribution is -0.123. The molecule has 0 aliphatic rings. The Morgan fingerprint density at radius 1 is 1.35 bits per heavy atom. The van der Waals surface area contributed by atoms with Crippen LogP contribution >= 0.6 is 24.0 Å². The van der Waals surface area contributed by atoms with Gasteiger partial charge in [-0.25, -0.2) is 0 Å². The molecule has 1 atom stereocenters. The average Bonchev–Trinajstić information content (AvgIpc) is 2.17. The molecule has 17 heavy (non-hydrogen) atoms. The third-order valence-corrected chi connectivity index (χ3v) is 2.67. The van der Waals surface area contributed by atoms with Gasteiger partial charge in [-0.3, -0.25) is 4.79 Å². The number of amides is 1. The number of rotatable bonds is 3. The van der Waals surface area contributed by atoms with E-state index in [1.807, 2.05) is 26.0 Å². The van der Waals surface area contributed by atoms with E-state index in [4.69, 9.17) is 17.3 Å². The molecule has 1 unspecified atom stereocenters. The highest BCUT2D eigenvalue weighted by atomic mass is 35.5. The van der Waals surface area contributed by atoms with Gasteiger partial charge in [0.05, 0.1) is 11.6 Å². The van der Waals surface area contributed by atoms with Crippen LogP contribution in [0.4, 0.5) is 0 Å². The first-order valence-corrected chi connectivity index (χ1v) is 5.54. The molecule has 0 aliphatic carbocycles. The maximum absolute atomic E-state index is 11.5. The van der Waals surface area contributed by atoms with Gasteiger partial charge in [0.2, 0.25) is 5.91 Å². The zero-order chi connectivity index (χ0) is 12.3. The van der Waals surface area contributed by atoms with Gasteiger partial charge in [0.25, 0.3) is 0 Å². The molecule has 0 spiro atoms. The Kier molecular flexibility index (Phi) is 5.96. The maximum atomic E-state index is 11.5. The first-order chi connectivity index (χ1) is 7.33. The Morgan fingerprint density at radius 2 is 1.82 bits per heavy atom. The molecule has 3 N–H and O–H groups in total. The van der Waals surface area contributed by atoms with Crippen molar-refractivity contribution in [3.05, 3.63) is 34.9 Å². The summed E-state index contributed by atoms with van der Waals surface area (Å²) in [6.07, 6.45) is 0. The minimum Gasteiger partial charge on any atom is -0.346 e. The van der Waals surface area contributed by atoms with E-state index in [-0.39, 0.29) is 18.3 Å². The van der Waals surface area contributed by atoms with E-state index < -0.39 is 11.6 Å². The molecule has 0 bridgehead atoms. The van der Waals surface area contributed by atoms with Gasteiger partial charge < -0.3 is 11.1 Å². The fourth-order valence-electron chi connectivity index (χ4n) is 1.36. The summed E-state index contributed by atoms with van der Waals surface area (Å²) in [6.45, 7) is 5.51. The van der Waals surface area contributed by atoms with Crippen LogP contribution in [0.15, 0.2) is 24.3 Å². The van der Waals surface area contributed by atoms with E-state index in [0.717, 1.165) is 5.56 Å². The average molecular weight is 277 g/mol. The Bertz CT molecular complexity index is 375. The Hall–Kier alpha value is -0.770. The van der Waals surface area contributed by atoms with Crippen molar-refractivity contribution in [2.75, 3.05) is 0 Å². The number of hydrogen-bond acceptors (Lipinski definition) is 2. The number of hydrogen-bond donors (Lipinski definition) is 2. The van der Waals surface area contributed by atoms with Gasteiger partial charge in [-0.15, -0.1) is 12.4 Å². The number of carbonyl (C=O) groups excluding carboxylic acids is 1. The monoisotopic (exact) mass is 276 g/mol. The fraction of sp³-hybridized carbons (Fsp3) is 0.417. The smallest absolute Gasteiger partial charge is 0.237 e. The lowest BCUT2D eigenvalue weighted by Crippen LogP contribution is -2.47. The quantitative estimate of drug-likeness (QED) is 0.891. The van der Waals surface area contributed by atoms with E-state index in [9.17, 15) is 4.79 Å². The Labute approximate surface area is 113 Å². The minimum absolute atomic E-state index is 0.